The van der Waals surface area contributed by atoms with E-state index in [4.69, 9.17) is 15.2 Å². The Balaban J connectivity index is 2.02. The fraction of sp³-hybridized carbons (Fsp3) is 0.538. The average molecular weight is 235 g/mol. The number of aromatic hydroxyl groups is 1. The van der Waals surface area contributed by atoms with Crippen molar-refractivity contribution in [3.63, 3.8) is 0 Å². The molecule has 3 N–H and O–H groups in total. The van der Waals surface area contributed by atoms with Crippen molar-refractivity contribution in [2.45, 2.75) is 37.6 Å². The van der Waals surface area contributed by atoms with Crippen molar-refractivity contribution in [3.8, 4) is 17.2 Å². The smallest absolute Gasteiger partial charge is 0.231 e. The largest absolute Gasteiger partial charge is 0.507 e. The van der Waals surface area contributed by atoms with Crippen LogP contribution in [0.15, 0.2) is 12.1 Å². The molecule has 1 fully saturated rings. The van der Waals surface area contributed by atoms with E-state index in [0.717, 1.165) is 31.2 Å². The fourth-order valence-electron chi connectivity index (χ4n) is 2.78. The first kappa shape index (κ1) is 10.7. The molecular formula is C13H17NO3. The van der Waals surface area contributed by atoms with Crippen LogP contribution in [0.2, 0.25) is 0 Å². The highest BCUT2D eigenvalue weighted by atomic mass is 16.7. The molecule has 1 heterocycles. The van der Waals surface area contributed by atoms with E-state index in [1.165, 1.54) is 6.42 Å². The highest BCUT2D eigenvalue weighted by Crippen LogP contribution is 2.45. The Morgan fingerprint density at radius 2 is 1.71 bits per heavy atom. The molecule has 0 spiro atoms. The Morgan fingerprint density at radius 3 is 2.41 bits per heavy atom. The zero-order valence-electron chi connectivity index (χ0n) is 9.74. The van der Waals surface area contributed by atoms with E-state index in [1.54, 1.807) is 6.07 Å². The minimum Gasteiger partial charge on any atom is -0.507 e. The third kappa shape index (κ3) is 1.72. The second kappa shape index (κ2) is 3.81. The van der Waals surface area contributed by atoms with Crippen LogP contribution >= 0.6 is 0 Å². The van der Waals surface area contributed by atoms with Gasteiger partial charge in [-0.2, -0.15) is 0 Å². The number of phenols is 1. The molecule has 0 radical (unpaired) electrons. The molecule has 0 atom stereocenters. The molecule has 2 aliphatic rings. The van der Waals surface area contributed by atoms with Crippen LogP contribution < -0.4 is 15.2 Å². The summed E-state index contributed by atoms with van der Waals surface area (Å²) in [5.74, 6) is 1.51. The van der Waals surface area contributed by atoms with Crippen molar-refractivity contribution in [2.75, 3.05) is 6.79 Å². The molecule has 1 aromatic rings. The second-order valence-corrected chi connectivity index (χ2v) is 4.94. The average Bonchev–Trinajstić information content (AvgIpc) is 2.76. The molecule has 4 heteroatoms. The van der Waals surface area contributed by atoms with E-state index in [2.05, 4.69) is 0 Å². The zero-order chi connectivity index (χ0) is 11.9. The van der Waals surface area contributed by atoms with E-state index < -0.39 is 5.54 Å². The molecule has 17 heavy (non-hydrogen) atoms. The number of fused-ring (bicyclic) bond motifs is 1. The van der Waals surface area contributed by atoms with Gasteiger partial charge >= 0.3 is 0 Å². The summed E-state index contributed by atoms with van der Waals surface area (Å²) in [6, 6.07) is 3.45. The predicted octanol–water partition coefficient (Wildman–Crippen LogP) is 2.24. The first-order valence-corrected chi connectivity index (χ1v) is 6.11. The molecule has 4 nitrogen and oxygen atoms in total. The van der Waals surface area contributed by atoms with Gasteiger partial charge < -0.3 is 20.3 Å². The van der Waals surface area contributed by atoms with Crippen LogP contribution in [-0.4, -0.2) is 11.9 Å². The van der Waals surface area contributed by atoms with E-state index in [9.17, 15) is 5.11 Å². The molecule has 0 saturated heterocycles. The maximum Gasteiger partial charge on any atom is 0.231 e. The first-order chi connectivity index (χ1) is 8.19. The van der Waals surface area contributed by atoms with Crippen molar-refractivity contribution < 1.29 is 14.6 Å². The van der Waals surface area contributed by atoms with Gasteiger partial charge in [0.1, 0.15) is 5.75 Å². The minimum atomic E-state index is -0.413. The van der Waals surface area contributed by atoms with Crippen LogP contribution in [0.3, 0.4) is 0 Å². The summed E-state index contributed by atoms with van der Waals surface area (Å²) in [5, 5.41) is 10.1. The summed E-state index contributed by atoms with van der Waals surface area (Å²) < 4.78 is 10.6. The van der Waals surface area contributed by atoms with Gasteiger partial charge in [-0.3, -0.25) is 0 Å². The Labute approximate surface area is 100 Å². The lowest BCUT2D eigenvalue weighted by atomic mass is 9.77. The van der Waals surface area contributed by atoms with Crippen LogP contribution in [0.1, 0.15) is 37.7 Å². The highest BCUT2D eigenvalue weighted by Gasteiger charge is 2.33. The summed E-state index contributed by atoms with van der Waals surface area (Å²) in [6.07, 6.45) is 5.29. The van der Waals surface area contributed by atoms with Gasteiger partial charge in [-0.05, 0) is 18.9 Å². The maximum atomic E-state index is 10.1. The van der Waals surface area contributed by atoms with Crippen LogP contribution in [0.25, 0.3) is 0 Å². The van der Waals surface area contributed by atoms with E-state index in [0.29, 0.717) is 11.5 Å². The molecule has 0 aromatic heterocycles. The van der Waals surface area contributed by atoms with Gasteiger partial charge in [-0.25, -0.2) is 0 Å². The molecule has 1 aliphatic carbocycles. The van der Waals surface area contributed by atoms with Gasteiger partial charge in [0.05, 0.1) is 0 Å². The topological polar surface area (TPSA) is 64.7 Å². The Kier molecular flexibility index (Phi) is 2.40. The Morgan fingerprint density at radius 1 is 1.06 bits per heavy atom. The molecule has 1 saturated carbocycles. The number of hydrogen-bond acceptors (Lipinski definition) is 4. The number of ether oxygens (including phenoxy) is 2. The molecule has 1 aromatic carbocycles. The third-order valence-electron chi connectivity index (χ3n) is 3.77. The van der Waals surface area contributed by atoms with Gasteiger partial charge in [0.15, 0.2) is 11.5 Å². The van der Waals surface area contributed by atoms with Crippen LogP contribution in [0.5, 0.6) is 17.2 Å². The Hall–Kier alpha value is -1.42. The summed E-state index contributed by atoms with van der Waals surface area (Å²) in [6.45, 7) is 0.218. The van der Waals surface area contributed by atoms with Crippen molar-refractivity contribution in [1.82, 2.24) is 0 Å². The predicted molar refractivity (Wildman–Crippen MR) is 63.2 cm³/mol. The number of phenolic OH excluding ortho intramolecular Hbond substituents is 1. The zero-order valence-corrected chi connectivity index (χ0v) is 9.74. The van der Waals surface area contributed by atoms with Crippen molar-refractivity contribution >= 4 is 0 Å². The number of rotatable bonds is 1. The molecular weight excluding hydrogens is 218 g/mol. The lowest BCUT2D eigenvalue weighted by molar-refractivity contribution is 0.173. The van der Waals surface area contributed by atoms with Crippen LogP contribution in [0.4, 0.5) is 0 Å². The number of benzene rings is 1. The molecule has 1 aliphatic heterocycles. The Bertz CT molecular complexity index is 439. The monoisotopic (exact) mass is 235 g/mol. The van der Waals surface area contributed by atoms with E-state index in [1.807, 2.05) is 6.07 Å². The molecule has 0 unspecified atom stereocenters. The fourth-order valence-corrected chi connectivity index (χ4v) is 2.78. The summed E-state index contributed by atoms with van der Waals surface area (Å²) >= 11 is 0. The van der Waals surface area contributed by atoms with Gasteiger partial charge in [-0.15, -0.1) is 0 Å². The quantitative estimate of drug-likeness (QED) is 0.783. The van der Waals surface area contributed by atoms with Crippen molar-refractivity contribution in [1.29, 1.82) is 0 Å². The molecule has 0 amide bonds. The van der Waals surface area contributed by atoms with Gasteiger partial charge in [0.2, 0.25) is 6.79 Å². The molecule has 92 valence electrons. The molecule has 0 bridgehead atoms. The van der Waals surface area contributed by atoms with Gasteiger partial charge in [0, 0.05) is 17.2 Å². The van der Waals surface area contributed by atoms with E-state index in [-0.39, 0.29) is 12.5 Å². The third-order valence-corrected chi connectivity index (χ3v) is 3.77. The summed E-state index contributed by atoms with van der Waals surface area (Å²) in [7, 11) is 0. The van der Waals surface area contributed by atoms with E-state index >= 15 is 0 Å². The molecule has 3 rings (SSSR count). The van der Waals surface area contributed by atoms with Gasteiger partial charge in [0.25, 0.3) is 0 Å². The lowest BCUT2D eigenvalue weighted by Gasteiger charge is -2.34. The highest BCUT2D eigenvalue weighted by molar-refractivity contribution is 5.53. The van der Waals surface area contributed by atoms with Crippen molar-refractivity contribution in [3.05, 3.63) is 17.7 Å². The minimum absolute atomic E-state index is 0.218. The lowest BCUT2D eigenvalue weighted by Crippen LogP contribution is -2.38. The summed E-state index contributed by atoms with van der Waals surface area (Å²) in [5.41, 5.74) is 6.80. The standard InChI is InChI=1S/C13H17NO3/c14-13(4-2-1-3-5-13)9-6-11-12(7-10(9)15)17-8-16-11/h6-7,15H,1-5,8,14H2. The van der Waals surface area contributed by atoms with Crippen LogP contribution in [0, 0.1) is 0 Å². The summed E-state index contributed by atoms with van der Waals surface area (Å²) in [4.78, 5) is 0. The number of nitrogens with two attached hydrogens (primary N) is 1. The first-order valence-electron chi connectivity index (χ1n) is 6.11. The number of hydrogen-bond donors (Lipinski definition) is 2. The SMILES string of the molecule is NC1(c2cc3c(cc2O)OCO3)CCCCC1. The second-order valence-electron chi connectivity index (χ2n) is 4.94. The van der Waals surface area contributed by atoms with Crippen molar-refractivity contribution in [2.24, 2.45) is 5.73 Å². The normalized spacial score (nSPS) is 21.5. The maximum absolute atomic E-state index is 10.1. The van der Waals surface area contributed by atoms with Crippen LogP contribution in [-0.2, 0) is 5.54 Å². The van der Waals surface area contributed by atoms with Gasteiger partial charge in [-0.1, -0.05) is 19.3 Å².